The highest BCUT2D eigenvalue weighted by Gasteiger charge is 2.53. The van der Waals surface area contributed by atoms with Gasteiger partial charge in [0, 0.05) is 5.25 Å². The first-order valence-corrected chi connectivity index (χ1v) is 17.7. The Morgan fingerprint density at radius 3 is 1.38 bits per heavy atom. The molecule has 4 aromatic carbocycles. The molecule has 1 aliphatic heterocycles. The van der Waals surface area contributed by atoms with Crippen molar-refractivity contribution in [2.75, 3.05) is 6.61 Å². The van der Waals surface area contributed by atoms with Crippen molar-refractivity contribution in [3.05, 3.63) is 144 Å². The molecule has 0 unspecified atom stereocenters. The normalized spacial score (nSPS) is 22.1. The van der Waals surface area contributed by atoms with Crippen LogP contribution in [0.25, 0.3) is 0 Å². The Hall–Kier alpha value is -4.93. The highest BCUT2D eigenvalue weighted by Crippen LogP contribution is 2.40. The average Bonchev–Trinajstić information content (AvgIpc) is 3.17. The van der Waals surface area contributed by atoms with Gasteiger partial charge in [0.1, 0.15) is 18.1 Å². The number of carbonyl (C=O) groups is 4. The molecule has 0 radical (unpaired) electrons. The summed E-state index contributed by atoms with van der Waals surface area (Å²) in [7, 11) is 0. The van der Waals surface area contributed by atoms with Gasteiger partial charge in [0.15, 0.2) is 18.3 Å². The summed E-state index contributed by atoms with van der Waals surface area (Å²) in [5.74, 6) is -2.68. The van der Waals surface area contributed by atoms with E-state index in [0.29, 0.717) is 11.1 Å². The number of carbonyl (C=O) groups excluding carboxylic acids is 4. The molecule has 4 aromatic rings. The van der Waals surface area contributed by atoms with Gasteiger partial charge >= 0.3 is 23.9 Å². The number of ether oxygens (including phenoxy) is 5. The van der Waals surface area contributed by atoms with Gasteiger partial charge in [0.2, 0.25) is 0 Å². The van der Waals surface area contributed by atoms with Gasteiger partial charge in [-0.2, -0.15) is 0 Å². The van der Waals surface area contributed by atoms with Crippen LogP contribution in [0.2, 0.25) is 0 Å². The van der Waals surface area contributed by atoms with Crippen molar-refractivity contribution >= 4 is 35.6 Å². The lowest BCUT2D eigenvalue weighted by Gasteiger charge is -2.45. The molecular formula is C40H38O9S. The predicted octanol–water partition coefficient (Wildman–Crippen LogP) is 7.31. The number of thioether (sulfide) groups is 1. The van der Waals surface area contributed by atoms with Crippen molar-refractivity contribution in [3.63, 3.8) is 0 Å². The molecule has 2 fully saturated rings. The van der Waals surface area contributed by atoms with Gasteiger partial charge < -0.3 is 23.7 Å². The molecule has 0 spiro atoms. The molecule has 0 amide bonds. The molecule has 258 valence electrons. The van der Waals surface area contributed by atoms with Crippen molar-refractivity contribution in [1.82, 2.24) is 0 Å². The summed E-state index contributed by atoms with van der Waals surface area (Å²) in [6.45, 7) is -0.332. The van der Waals surface area contributed by atoms with Crippen LogP contribution in [0, 0.1) is 0 Å². The third kappa shape index (κ3) is 8.99. The Bertz CT molecular complexity index is 1710. The van der Waals surface area contributed by atoms with Crippen LogP contribution in [0.15, 0.2) is 121 Å². The van der Waals surface area contributed by atoms with Crippen LogP contribution in [-0.2, 0) is 23.7 Å². The second-order valence-corrected chi connectivity index (χ2v) is 13.5. The molecule has 0 N–H and O–H groups in total. The first-order valence-electron chi connectivity index (χ1n) is 16.8. The van der Waals surface area contributed by atoms with Gasteiger partial charge in [0.05, 0.1) is 22.3 Å². The Kier molecular flexibility index (Phi) is 12.0. The van der Waals surface area contributed by atoms with Crippen LogP contribution < -0.4 is 0 Å². The molecule has 1 saturated carbocycles. The monoisotopic (exact) mass is 694 g/mol. The highest BCUT2D eigenvalue weighted by molar-refractivity contribution is 8.00. The van der Waals surface area contributed by atoms with Crippen LogP contribution in [0.5, 0.6) is 0 Å². The van der Waals surface area contributed by atoms with Gasteiger partial charge in [-0.05, 0) is 61.4 Å². The zero-order valence-electron chi connectivity index (χ0n) is 27.3. The molecule has 1 aliphatic carbocycles. The van der Waals surface area contributed by atoms with E-state index in [1.807, 2.05) is 0 Å². The number of hydrogen-bond donors (Lipinski definition) is 0. The fourth-order valence-corrected chi connectivity index (χ4v) is 7.58. The van der Waals surface area contributed by atoms with E-state index >= 15 is 0 Å². The second kappa shape index (κ2) is 17.1. The quantitative estimate of drug-likeness (QED) is 0.117. The maximum atomic E-state index is 13.7. The molecule has 1 heterocycles. The fraction of sp³-hybridized carbons (Fsp3) is 0.300. The first-order chi connectivity index (χ1) is 24.5. The lowest BCUT2D eigenvalue weighted by molar-refractivity contribution is -0.207. The number of esters is 4. The summed E-state index contributed by atoms with van der Waals surface area (Å²) in [5.41, 5.74) is 0.266. The first kappa shape index (κ1) is 34.9. The number of rotatable bonds is 11. The maximum absolute atomic E-state index is 13.7. The largest absolute Gasteiger partial charge is 0.459 e. The van der Waals surface area contributed by atoms with Crippen molar-refractivity contribution < 1.29 is 42.9 Å². The van der Waals surface area contributed by atoms with Crippen LogP contribution in [0.3, 0.4) is 0 Å². The average molecular weight is 695 g/mol. The molecule has 0 aromatic heterocycles. The van der Waals surface area contributed by atoms with Gasteiger partial charge in [-0.25, -0.2) is 19.2 Å². The molecule has 5 atom stereocenters. The number of benzene rings is 4. The Labute approximate surface area is 295 Å². The van der Waals surface area contributed by atoms with Gasteiger partial charge in [-0.15, -0.1) is 11.8 Å². The molecule has 10 heteroatoms. The molecule has 1 saturated heterocycles. The standard InChI is InChI=1S/C40H38O9S/c41-36(27-16-6-1-7-17-27)45-26-32-33(47-37(42)28-18-8-2-9-19-28)34(48-38(43)29-20-10-3-11-21-29)35(49-39(44)30-22-12-4-13-23-30)40(46-32)50-31-24-14-5-15-25-31/h1-4,6-13,16-23,31-35,40H,5,14-15,24-26H2/t32-,33-,34+,35-,40+/m1/s1. The van der Waals surface area contributed by atoms with Gasteiger partial charge in [0.25, 0.3) is 0 Å². The van der Waals surface area contributed by atoms with Crippen LogP contribution in [0.1, 0.15) is 73.5 Å². The second-order valence-electron chi connectivity index (χ2n) is 12.1. The molecule has 6 rings (SSSR count). The summed E-state index contributed by atoms with van der Waals surface area (Å²) in [5, 5.41) is 0.174. The fourth-order valence-electron chi connectivity index (χ4n) is 6.03. The topological polar surface area (TPSA) is 114 Å². The lowest BCUT2D eigenvalue weighted by Crippen LogP contribution is -2.62. The number of hydrogen-bond acceptors (Lipinski definition) is 10. The maximum Gasteiger partial charge on any atom is 0.338 e. The molecule has 9 nitrogen and oxygen atoms in total. The lowest BCUT2D eigenvalue weighted by atomic mass is 9.98. The minimum Gasteiger partial charge on any atom is -0.459 e. The summed E-state index contributed by atoms with van der Waals surface area (Å²) in [6, 6.07) is 33.7. The van der Waals surface area contributed by atoms with Crippen molar-refractivity contribution in [2.45, 2.75) is 67.2 Å². The minimum atomic E-state index is -1.34. The van der Waals surface area contributed by atoms with E-state index in [0.717, 1.165) is 32.1 Å². The molecule has 50 heavy (non-hydrogen) atoms. The van der Waals surface area contributed by atoms with E-state index < -0.39 is 53.7 Å². The minimum absolute atomic E-state index is 0.174. The van der Waals surface area contributed by atoms with Crippen LogP contribution in [-0.4, -0.2) is 65.6 Å². The summed E-state index contributed by atoms with van der Waals surface area (Å²) in [6.07, 6.45) is 0.114. The molecule has 2 aliphatic rings. The van der Waals surface area contributed by atoms with Crippen molar-refractivity contribution in [1.29, 1.82) is 0 Å². The van der Waals surface area contributed by atoms with Crippen LogP contribution >= 0.6 is 11.8 Å². The van der Waals surface area contributed by atoms with E-state index in [9.17, 15) is 19.2 Å². The smallest absolute Gasteiger partial charge is 0.338 e. The van der Waals surface area contributed by atoms with Crippen LogP contribution in [0.4, 0.5) is 0 Å². The highest BCUT2D eigenvalue weighted by atomic mass is 32.2. The molecule has 0 bridgehead atoms. The summed E-state index contributed by atoms with van der Waals surface area (Å²) < 4.78 is 30.8. The van der Waals surface area contributed by atoms with E-state index in [-0.39, 0.29) is 23.0 Å². The Morgan fingerprint density at radius 2 is 0.920 bits per heavy atom. The van der Waals surface area contributed by atoms with Crippen molar-refractivity contribution in [2.24, 2.45) is 0 Å². The van der Waals surface area contributed by atoms with E-state index in [1.54, 1.807) is 121 Å². The third-order valence-corrected chi connectivity index (χ3v) is 10.1. The van der Waals surface area contributed by atoms with E-state index in [1.165, 1.54) is 11.8 Å². The van der Waals surface area contributed by atoms with Gasteiger partial charge in [-0.3, -0.25) is 0 Å². The summed E-state index contributed by atoms with van der Waals surface area (Å²) >= 11 is 1.49. The summed E-state index contributed by atoms with van der Waals surface area (Å²) in [4.78, 5) is 54.1. The van der Waals surface area contributed by atoms with E-state index in [4.69, 9.17) is 23.7 Å². The van der Waals surface area contributed by atoms with E-state index in [2.05, 4.69) is 0 Å². The van der Waals surface area contributed by atoms with Gasteiger partial charge in [-0.1, -0.05) is 92.1 Å². The SMILES string of the molecule is O=C(OC[C@H]1O[C@@H](SC2CCCCC2)[C@H](OC(=O)c2ccccc2)[C@@H](OC(=O)c2ccccc2)[C@@H]1OC(=O)c1ccccc1)c1ccccc1. The third-order valence-electron chi connectivity index (χ3n) is 8.62. The zero-order chi connectivity index (χ0) is 34.7. The Balaban J connectivity index is 1.38. The predicted molar refractivity (Wildman–Crippen MR) is 187 cm³/mol. The van der Waals surface area contributed by atoms with Crippen molar-refractivity contribution in [3.8, 4) is 0 Å². The molecular weight excluding hydrogens is 656 g/mol. The zero-order valence-corrected chi connectivity index (χ0v) is 28.2. The Morgan fingerprint density at radius 1 is 0.520 bits per heavy atom.